The lowest BCUT2D eigenvalue weighted by atomic mass is 9.90. The van der Waals surface area contributed by atoms with Crippen LogP contribution in [0.3, 0.4) is 0 Å². The molecule has 0 atom stereocenters. The molecule has 2 aliphatic heterocycles. The van der Waals surface area contributed by atoms with E-state index in [4.69, 9.17) is 4.74 Å². The topological polar surface area (TPSA) is 63.7 Å². The lowest BCUT2D eigenvalue weighted by Gasteiger charge is -2.31. The Morgan fingerprint density at radius 1 is 1.14 bits per heavy atom. The molecule has 1 fully saturated rings. The van der Waals surface area contributed by atoms with Crippen LogP contribution in [0.15, 0.2) is 40.8 Å². The van der Waals surface area contributed by atoms with E-state index in [2.05, 4.69) is 0 Å². The highest BCUT2D eigenvalue weighted by atomic mass is 32.2. The van der Waals surface area contributed by atoms with Crippen LogP contribution in [0.25, 0.3) is 0 Å². The van der Waals surface area contributed by atoms with Gasteiger partial charge in [-0.05, 0) is 43.4 Å². The predicted octanol–water partition coefficient (Wildman–Crippen LogP) is 1.88. The zero-order valence-corrected chi connectivity index (χ0v) is 13.3. The molecule has 0 bridgehead atoms. The molecule has 0 unspecified atom stereocenters. The van der Waals surface area contributed by atoms with Gasteiger partial charge in [-0.2, -0.15) is 4.31 Å². The van der Waals surface area contributed by atoms with Crippen LogP contribution in [0.4, 0.5) is 0 Å². The van der Waals surface area contributed by atoms with Crippen molar-refractivity contribution in [2.24, 2.45) is 5.92 Å². The lowest BCUT2D eigenvalue weighted by molar-refractivity contribution is -0.135. The van der Waals surface area contributed by atoms with E-state index in [1.807, 2.05) is 19.1 Å². The summed E-state index contributed by atoms with van der Waals surface area (Å²) >= 11 is 0. The van der Waals surface area contributed by atoms with E-state index in [0.717, 1.165) is 24.0 Å². The number of rotatable bonds is 3. The fraction of sp³-hybridized carbons (Fsp3) is 0.438. The minimum atomic E-state index is -3.42. The third-order valence-electron chi connectivity index (χ3n) is 4.32. The van der Waals surface area contributed by atoms with Gasteiger partial charge in [0.05, 0.1) is 4.90 Å². The highest BCUT2D eigenvalue weighted by Gasteiger charge is 2.32. The lowest BCUT2D eigenvalue weighted by Crippen LogP contribution is -2.38. The molecule has 0 aromatic heterocycles. The minimum Gasteiger partial charge on any atom is -0.458 e. The summed E-state index contributed by atoms with van der Waals surface area (Å²) in [6, 6.07) is 6.93. The smallest absolute Gasteiger partial charge is 0.331 e. The van der Waals surface area contributed by atoms with Gasteiger partial charge in [0.15, 0.2) is 0 Å². The maximum atomic E-state index is 12.6. The summed E-state index contributed by atoms with van der Waals surface area (Å²) in [5.41, 5.74) is 2.04. The van der Waals surface area contributed by atoms with E-state index in [1.165, 1.54) is 4.31 Å². The van der Waals surface area contributed by atoms with Crippen molar-refractivity contribution in [2.45, 2.75) is 24.7 Å². The number of hydrogen-bond acceptors (Lipinski definition) is 4. The number of ether oxygens (including phenoxy) is 1. The average molecular weight is 321 g/mol. The van der Waals surface area contributed by atoms with Crippen LogP contribution < -0.4 is 0 Å². The van der Waals surface area contributed by atoms with Crippen molar-refractivity contribution in [1.29, 1.82) is 0 Å². The van der Waals surface area contributed by atoms with Gasteiger partial charge in [0.2, 0.25) is 10.0 Å². The molecule has 0 radical (unpaired) electrons. The highest BCUT2D eigenvalue weighted by molar-refractivity contribution is 7.89. The maximum Gasteiger partial charge on any atom is 0.331 e. The van der Waals surface area contributed by atoms with Crippen molar-refractivity contribution in [1.82, 2.24) is 4.31 Å². The van der Waals surface area contributed by atoms with Gasteiger partial charge in [-0.3, -0.25) is 0 Å². The quantitative estimate of drug-likeness (QED) is 0.798. The largest absolute Gasteiger partial charge is 0.458 e. The number of sulfonamides is 1. The van der Waals surface area contributed by atoms with E-state index >= 15 is 0 Å². The zero-order chi connectivity index (χ0) is 15.7. The molecule has 6 heteroatoms. The molecule has 2 aliphatic rings. The van der Waals surface area contributed by atoms with Crippen LogP contribution in [0.5, 0.6) is 0 Å². The Bertz CT molecular complexity index is 698. The second-order valence-electron chi connectivity index (χ2n) is 5.82. The monoisotopic (exact) mass is 321 g/mol. The fourth-order valence-corrected chi connectivity index (χ4v) is 4.42. The number of aryl methyl sites for hydroxylation is 1. The second kappa shape index (κ2) is 5.85. The average Bonchev–Trinajstić information content (AvgIpc) is 2.94. The number of nitrogens with zero attached hydrogens (tertiary/aromatic N) is 1. The van der Waals surface area contributed by atoms with Crippen LogP contribution in [0.2, 0.25) is 0 Å². The Labute approximate surface area is 130 Å². The molecule has 3 rings (SSSR count). The first-order chi connectivity index (χ1) is 10.5. The van der Waals surface area contributed by atoms with Crippen molar-refractivity contribution >= 4 is 16.0 Å². The standard InChI is InChI=1S/C16H19NO4S/c1-12-2-4-15(5-3-12)22(19,20)17-8-6-13(7-9-17)14-10-16(18)21-11-14/h2-5,10,13H,6-9,11H2,1H3. The Morgan fingerprint density at radius 2 is 1.77 bits per heavy atom. The summed E-state index contributed by atoms with van der Waals surface area (Å²) in [6.07, 6.45) is 3.01. The number of esters is 1. The normalized spacial score (nSPS) is 20.8. The Balaban J connectivity index is 1.69. The van der Waals surface area contributed by atoms with E-state index in [0.29, 0.717) is 24.6 Å². The molecule has 1 saturated heterocycles. The number of hydrogen-bond donors (Lipinski definition) is 0. The van der Waals surface area contributed by atoms with Crippen molar-refractivity contribution in [3.8, 4) is 0 Å². The van der Waals surface area contributed by atoms with Gasteiger partial charge in [0, 0.05) is 19.2 Å². The molecule has 0 saturated carbocycles. The van der Waals surface area contributed by atoms with Gasteiger partial charge in [-0.15, -0.1) is 0 Å². The predicted molar refractivity (Wildman–Crippen MR) is 81.7 cm³/mol. The van der Waals surface area contributed by atoms with Crippen molar-refractivity contribution in [3.63, 3.8) is 0 Å². The van der Waals surface area contributed by atoms with Crippen LogP contribution in [-0.2, 0) is 19.6 Å². The highest BCUT2D eigenvalue weighted by Crippen LogP contribution is 2.30. The van der Waals surface area contributed by atoms with Gasteiger partial charge in [-0.1, -0.05) is 17.7 Å². The number of carbonyl (C=O) groups excluding carboxylic acids is 1. The molecule has 1 aromatic carbocycles. The molecule has 0 spiro atoms. The summed E-state index contributed by atoms with van der Waals surface area (Å²) in [5.74, 6) is -0.0411. The van der Waals surface area contributed by atoms with Crippen LogP contribution in [0, 0.1) is 12.8 Å². The molecule has 0 aliphatic carbocycles. The van der Waals surface area contributed by atoms with E-state index in [1.54, 1.807) is 18.2 Å². The van der Waals surface area contributed by atoms with E-state index in [-0.39, 0.29) is 11.9 Å². The van der Waals surface area contributed by atoms with Crippen LogP contribution in [-0.4, -0.2) is 38.4 Å². The summed E-state index contributed by atoms with van der Waals surface area (Å²) in [6.45, 7) is 3.24. The first-order valence-electron chi connectivity index (χ1n) is 7.41. The third kappa shape index (κ3) is 2.94. The Hall–Kier alpha value is -1.66. The molecule has 5 nitrogen and oxygen atoms in total. The number of benzene rings is 1. The van der Waals surface area contributed by atoms with Crippen molar-refractivity contribution in [3.05, 3.63) is 41.5 Å². The SMILES string of the molecule is Cc1ccc(S(=O)(=O)N2CCC(C3=CC(=O)OC3)CC2)cc1. The Morgan fingerprint density at radius 3 is 2.32 bits per heavy atom. The molecular formula is C16H19NO4S. The number of cyclic esters (lactones) is 1. The first kappa shape index (κ1) is 15.2. The van der Waals surface area contributed by atoms with Gasteiger partial charge in [0.1, 0.15) is 6.61 Å². The van der Waals surface area contributed by atoms with Crippen LogP contribution >= 0.6 is 0 Å². The molecule has 0 amide bonds. The second-order valence-corrected chi connectivity index (χ2v) is 7.76. The third-order valence-corrected chi connectivity index (χ3v) is 6.23. The minimum absolute atomic E-state index is 0.246. The van der Waals surface area contributed by atoms with E-state index < -0.39 is 10.0 Å². The molecule has 118 valence electrons. The maximum absolute atomic E-state index is 12.6. The molecule has 0 N–H and O–H groups in total. The molecule has 22 heavy (non-hydrogen) atoms. The van der Waals surface area contributed by atoms with Crippen molar-refractivity contribution in [2.75, 3.05) is 19.7 Å². The Kier molecular flexibility index (Phi) is 4.06. The summed E-state index contributed by atoms with van der Waals surface area (Å²) in [4.78, 5) is 11.5. The number of carbonyl (C=O) groups is 1. The van der Waals surface area contributed by atoms with Gasteiger partial charge in [-0.25, -0.2) is 13.2 Å². The van der Waals surface area contributed by atoms with Gasteiger partial charge in [0.25, 0.3) is 0 Å². The number of piperidine rings is 1. The van der Waals surface area contributed by atoms with Gasteiger partial charge < -0.3 is 4.74 Å². The molecule has 2 heterocycles. The van der Waals surface area contributed by atoms with Crippen LogP contribution in [0.1, 0.15) is 18.4 Å². The molecular weight excluding hydrogens is 302 g/mol. The molecule has 1 aromatic rings. The fourth-order valence-electron chi connectivity index (χ4n) is 2.95. The summed E-state index contributed by atoms with van der Waals surface area (Å²) < 4.78 is 31.7. The van der Waals surface area contributed by atoms with E-state index in [9.17, 15) is 13.2 Å². The van der Waals surface area contributed by atoms with Gasteiger partial charge >= 0.3 is 5.97 Å². The first-order valence-corrected chi connectivity index (χ1v) is 8.85. The van der Waals surface area contributed by atoms with Crippen molar-refractivity contribution < 1.29 is 17.9 Å². The summed E-state index contributed by atoms with van der Waals surface area (Å²) in [7, 11) is -3.42. The summed E-state index contributed by atoms with van der Waals surface area (Å²) in [5, 5.41) is 0. The zero-order valence-electron chi connectivity index (χ0n) is 12.5.